The third-order valence-corrected chi connectivity index (χ3v) is 7.25. The molecule has 0 radical (unpaired) electrons. The monoisotopic (exact) mass is 460 g/mol. The van der Waals surface area contributed by atoms with Gasteiger partial charge in [-0.3, -0.25) is 0 Å². The van der Waals surface area contributed by atoms with Crippen LogP contribution in [0, 0.1) is 6.92 Å². The smallest absolute Gasteiger partial charge is 0.140 e. The third kappa shape index (κ3) is 3.39. The molecule has 4 heterocycles. The summed E-state index contributed by atoms with van der Waals surface area (Å²) in [6, 6.07) is 7.82. The molecular weight excluding hydrogens is 432 g/mol. The van der Waals surface area contributed by atoms with Gasteiger partial charge in [0.15, 0.2) is 0 Å². The molecular formula is C25H28N6O3. The fourth-order valence-electron chi connectivity index (χ4n) is 5.35. The highest BCUT2D eigenvalue weighted by molar-refractivity contribution is 5.79. The molecule has 176 valence electrons. The van der Waals surface area contributed by atoms with Crippen molar-refractivity contribution in [2.75, 3.05) is 6.54 Å². The number of nitrogens with zero attached hydrogens (tertiary/aromatic N) is 5. The average Bonchev–Trinajstić information content (AvgIpc) is 3.53. The van der Waals surface area contributed by atoms with E-state index in [2.05, 4.69) is 26.7 Å². The van der Waals surface area contributed by atoms with E-state index in [1.54, 1.807) is 17.1 Å². The van der Waals surface area contributed by atoms with Crippen LogP contribution < -0.4 is 10.1 Å². The molecule has 1 aliphatic carbocycles. The third-order valence-electron chi connectivity index (χ3n) is 7.25. The Kier molecular flexibility index (Phi) is 5.13. The van der Waals surface area contributed by atoms with E-state index in [0.717, 1.165) is 52.1 Å². The number of hydrogen-bond acceptors (Lipinski definition) is 7. The number of benzene rings is 1. The molecule has 3 aromatic heterocycles. The first-order chi connectivity index (χ1) is 16.5. The Morgan fingerprint density at radius 1 is 1.18 bits per heavy atom. The van der Waals surface area contributed by atoms with Crippen LogP contribution in [-0.2, 0) is 20.0 Å². The summed E-state index contributed by atoms with van der Waals surface area (Å²) in [5.74, 6) is 0.726. The van der Waals surface area contributed by atoms with Gasteiger partial charge >= 0.3 is 0 Å². The van der Waals surface area contributed by atoms with Gasteiger partial charge in [-0.05, 0) is 55.3 Å². The minimum atomic E-state index is -1.01. The summed E-state index contributed by atoms with van der Waals surface area (Å²) < 4.78 is 10.2. The second-order valence-corrected chi connectivity index (χ2v) is 9.31. The fourth-order valence-corrected chi connectivity index (χ4v) is 5.35. The number of nitrogens with one attached hydrogen (secondary N) is 1. The van der Waals surface area contributed by atoms with Crippen LogP contribution in [0.5, 0.6) is 5.75 Å². The first kappa shape index (κ1) is 21.3. The number of aliphatic hydroxyl groups excluding tert-OH is 2. The zero-order chi connectivity index (χ0) is 23.4. The maximum Gasteiger partial charge on any atom is 0.140 e. The molecule has 9 nitrogen and oxygen atoms in total. The summed E-state index contributed by atoms with van der Waals surface area (Å²) >= 11 is 0. The molecule has 4 aromatic rings. The molecule has 0 saturated heterocycles. The number of aromatic nitrogens is 5. The maximum absolute atomic E-state index is 11.0. The van der Waals surface area contributed by atoms with Crippen LogP contribution in [0.3, 0.4) is 0 Å². The van der Waals surface area contributed by atoms with E-state index < -0.39 is 18.3 Å². The van der Waals surface area contributed by atoms with Gasteiger partial charge in [-0.15, -0.1) is 5.10 Å². The number of aryl methyl sites for hydroxylation is 2. The lowest BCUT2D eigenvalue weighted by molar-refractivity contribution is -0.0166. The SMILES string of the molecule is Cc1ccnc2c1ccn2C1CC(Oc2cc(-c3cnnn3C)cc3c2CNCC3)C(O)C1O. The molecule has 9 heteroatoms. The number of fused-ring (bicyclic) bond motifs is 2. The summed E-state index contributed by atoms with van der Waals surface area (Å²) in [6.45, 7) is 3.65. The van der Waals surface area contributed by atoms with E-state index in [1.165, 1.54) is 5.56 Å². The summed E-state index contributed by atoms with van der Waals surface area (Å²) in [6.07, 6.45) is 4.30. The average molecular weight is 461 g/mol. The second-order valence-electron chi connectivity index (χ2n) is 9.31. The molecule has 1 fully saturated rings. The van der Waals surface area contributed by atoms with Crippen LogP contribution in [0.15, 0.2) is 42.9 Å². The zero-order valence-electron chi connectivity index (χ0n) is 19.2. The summed E-state index contributed by atoms with van der Waals surface area (Å²) in [4.78, 5) is 4.53. The molecule has 4 atom stereocenters. The van der Waals surface area contributed by atoms with Crippen molar-refractivity contribution >= 4 is 11.0 Å². The predicted octanol–water partition coefficient (Wildman–Crippen LogP) is 1.90. The molecule has 34 heavy (non-hydrogen) atoms. The van der Waals surface area contributed by atoms with Gasteiger partial charge in [0.05, 0.1) is 17.9 Å². The fraction of sp³-hybridized carbons (Fsp3) is 0.400. The molecule has 2 aliphatic rings. The van der Waals surface area contributed by atoms with Gasteiger partial charge in [-0.1, -0.05) is 5.21 Å². The largest absolute Gasteiger partial charge is 0.487 e. The van der Waals surface area contributed by atoms with E-state index in [-0.39, 0.29) is 6.04 Å². The quantitative estimate of drug-likeness (QED) is 0.427. The van der Waals surface area contributed by atoms with Gasteiger partial charge in [-0.25, -0.2) is 9.67 Å². The van der Waals surface area contributed by atoms with Crippen LogP contribution in [0.4, 0.5) is 0 Å². The van der Waals surface area contributed by atoms with Crippen molar-refractivity contribution in [3.8, 4) is 17.0 Å². The summed E-state index contributed by atoms with van der Waals surface area (Å²) in [7, 11) is 1.86. The van der Waals surface area contributed by atoms with Crippen LogP contribution in [0.1, 0.15) is 29.2 Å². The molecule has 0 amide bonds. The lowest BCUT2D eigenvalue weighted by Gasteiger charge is -2.25. The predicted molar refractivity (Wildman–Crippen MR) is 126 cm³/mol. The highest BCUT2D eigenvalue weighted by Crippen LogP contribution is 2.39. The van der Waals surface area contributed by atoms with Gasteiger partial charge in [0, 0.05) is 48.9 Å². The Morgan fingerprint density at radius 3 is 2.88 bits per heavy atom. The van der Waals surface area contributed by atoms with Crippen molar-refractivity contribution in [2.24, 2.45) is 7.05 Å². The number of pyridine rings is 1. The van der Waals surface area contributed by atoms with Crippen molar-refractivity contribution in [1.82, 2.24) is 29.9 Å². The number of aliphatic hydroxyl groups is 2. The Labute approximate surface area is 197 Å². The van der Waals surface area contributed by atoms with Gasteiger partial charge in [0.25, 0.3) is 0 Å². The van der Waals surface area contributed by atoms with Gasteiger partial charge in [-0.2, -0.15) is 0 Å². The zero-order valence-corrected chi connectivity index (χ0v) is 19.2. The molecule has 0 spiro atoms. The molecule has 1 aromatic carbocycles. The lowest BCUT2D eigenvalue weighted by atomic mass is 9.96. The maximum atomic E-state index is 11.0. The Morgan fingerprint density at radius 2 is 2.06 bits per heavy atom. The van der Waals surface area contributed by atoms with Crippen molar-refractivity contribution < 1.29 is 14.9 Å². The number of hydrogen-bond donors (Lipinski definition) is 3. The van der Waals surface area contributed by atoms with Crippen LogP contribution in [0.2, 0.25) is 0 Å². The Balaban J connectivity index is 1.34. The topological polar surface area (TPSA) is 110 Å². The Bertz CT molecular complexity index is 1360. The van der Waals surface area contributed by atoms with E-state index in [1.807, 2.05) is 42.9 Å². The normalized spacial score (nSPS) is 24.5. The minimum Gasteiger partial charge on any atom is -0.487 e. The van der Waals surface area contributed by atoms with E-state index >= 15 is 0 Å². The molecule has 6 rings (SSSR count). The summed E-state index contributed by atoms with van der Waals surface area (Å²) in [5, 5.41) is 34.5. The molecule has 1 aliphatic heterocycles. The van der Waals surface area contributed by atoms with E-state index in [4.69, 9.17) is 4.74 Å². The number of rotatable bonds is 4. The van der Waals surface area contributed by atoms with Crippen molar-refractivity contribution in [3.63, 3.8) is 0 Å². The lowest BCUT2D eigenvalue weighted by Crippen LogP contribution is -2.35. The van der Waals surface area contributed by atoms with Crippen molar-refractivity contribution in [1.29, 1.82) is 0 Å². The van der Waals surface area contributed by atoms with Gasteiger partial charge in [0.2, 0.25) is 0 Å². The highest BCUT2D eigenvalue weighted by Gasteiger charge is 2.44. The van der Waals surface area contributed by atoms with E-state index in [9.17, 15) is 10.2 Å². The molecule has 3 N–H and O–H groups in total. The summed E-state index contributed by atoms with van der Waals surface area (Å²) in [5.41, 5.74) is 6.13. The highest BCUT2D eigenvalue weighted by atomic mass is 16.5. The van der Waals surface area contributed by atoms with Crippen molar-refractivity contribution in [2.45, 2.75) is 50.7 Å². The standard InChI is InChI=1S/C25H28N6O3/c1-14-3-7-27-25-17(14)5-8-31(25)19-11-22(24(33)23(19)32)34-21-10-16(20-13-28-29-30(20)2)9-15-4-6-26-12-18(15)21/h3,5,7-10,13,19,22-24,26,32-33H,4,6,11-12H2,1-2H3. The Hall–Kier alpha value is -3.27. The van der Waals surface area contributed by atoms with Crippen molar-refractivity contribution in [3.05, 3.63) is 59.5 Å². The molecule has 0 bridgehead atoms. The van der Waals surface area contributed by atoms with Gasteiger partial charge in [0.1, 0.15) is 29.7 Å². The number of ether oxygens (including phenoxy) is 1. The van der Waals surface area contributed by atoms with E-state index in [0.29, 0.717) is 13.0 Å². The van der Waals surface area contributed by atoms with Crippen LogP contribution in [-0.4, -0.2) is 59.6 Å². The van der Waals surface area contributed by atoms with Crippen LogP contribution in [0.25, 0.3) is 22.3 Å². The molecule has 4 unspecified atom stereocenters. The van der Waals surface area contributed by atoms with Crippen LogP contribution >= 0.6 is 0 Å². The molecule has 1 saturated carbocycles. The van der Waals surface area contributed by atoms with Gasteiger partial charge < -0.3 is 24.8 Å². The first-order valence-corrected chi connectivity index (χ1v) is 11.7. The first-order valence-electron chi connectivity index (χ1n) is 11.7. The minimum absolute atomic E-state index is 0.329. The second kappa shape index (κ2) is 8.19.